The van der Waals surface area contributed by atoms with Gasteiger partial charge in [-0.2, -0.15) is 0 Å². The van der Waals surface area contributed by atoms with E-state index in [0.717, 1.165) is 22.4 Å². The van der Waals surface area contributed by atoms with Gasteiger partial charge in [-0.3, -0.25) is 14.6 Å². The lowest BCUT2D eigenvalue weighted by Crippen LogP contribution is -2.29. The van der Waals surface area contributed by atoms with Crippen LogP contribution in [0.5, 0.6) is 5.75 Å². The Kier molecular flexibility index (Phi) is 7.01. The molecule has 3 aromatic rings. The number of aromatic nitrogens is 1. The molecule has 1 atom stereocenters. The van der Waals surface area contributed by atoms with Crippen molar-refractivity contribution in [3.63, 3.8) is 0 Å². The van der Waals surface area contributed by atoms with Crippen LogP contribution in [-0.2, 0) is 16.1 Å². The van der Waals surface area contributed by atoms with Gasteiger partial charge in [0.15, 0.2) is 0 Å². The van der Waals surface area contributed by atoms with Gasteiger partial charge in [-0.25, -0.2) is 0 Å². The van der Waals surface area contributed by atoms with E-state index in [1.807, 2.05) is 50.2 Å². The zero-order valence-electron chi connectivity index (χ0n) is 20.5. The number of Topliss-reactive ketones (excluding diaryl/α,β-unsaturated/α-hetero) is 1. The van der Waals surface area contributed by atoms with Gasteiger partial charge in [0.1, 0.15) is 11.5 Å². The molecule has 4 rings (SSSR count). The number of carbonyl (C=O) groups is 2. The van der Waals surface area contributed by atoms with Crippen molar-refractivity contribution in [3.8, 4) is 5.75 Å². The van der Waals surface area contributed by atoms with Crippen molar-refractivity contribution < 1.29 is 19.4 Å². The quantitative estimate of drug-likeness (QED) is 0.286. The molecule has 1 aromatic heterocycles. The van der Waals surface area contributed by atoms with E-state index < -0.39 is 17.7 Å². The first kappa shape index (κ1) is 24.2. The van der Waals surface area contributed by atoms with Crippen LogP contribution in [0, 0.1) is 19.8 Å². The summed E-state index contributed by atoms with van der Waals surface area (Å²) in [6.45, 7) is 8.71. The predicted molar refractivity (Wildman–Crippen MR) is 135 cm³/mol. The number of likely N-dealkylation sites (tertiary alicyclic amines) is 1. The molecule has 1 unspecified atom stereocenters. The van der Waals surface area contributed by atoms with Gasteiger partial charge in [0.25, 0.3) is 11.7 Å². The van der Waals surface area contributed by atoms with E-state index in [-0.39, 0.29) is 17.9 Å². The predicted octanol–water partition coefficient (Wildman–Crippen LogP) is 5.36. The van der Waals surface area contributed by atoms with Crippen molar-refractivity contribution in [2.75, 3.05) is 6.61 Å². The molecule has 6 nitrogen and oxygen atoms in total. The molecule has 1 saturated heterocycles. The van der Waals surface area contributed by atoms with E-state index in [2.05, 4.69) is 18.8 Å². The molecule has 0 saturated carbocycles. The summed E-state index contributed by atoms with van der Waals surface area (Å²) in [5.74, 6) is -0.449. The first-order chi connectivity index (χ1) is 16.8. The Labute approximate surface area is 205 Å². The van der Waals surface area contributed by atoms with Crippen LogP contribution in [0.3, 0.4) is 0 Å². The number of ether oxygens (including phenoxy) is 1. The number of benzene rings is 2. The lowest BCUT2D eigenvalue weighted by atomic mass is 9.92. The standard InChI is InChI=1S/C29H30N2O4/c1-18(2)17-35-24-13-12-21(15-20(24)4)27(32)25-26(23-11-6-5-9-19(23)3)31(29(34)28(25)33)16-22-10-7-8-14-30-22/h5-15,18,26,32H,16-17H2,1-4H3/b27-25+. The highest BCUT2D eigenvalue weighted by molar-refractivity contribution is 6.46. The molecule has 0 spiro atoms. The molecule has 0 radical (unpaired) electrons. The summed E-state index contributed by atoms with van der Waals surface area (Å²) in [4.78, 5) is 32.3. The van der Waals surface area contributed by atoms with Crippen molar-refractivity contribution in [3.05, 3.63) is 100 Å². The second-order valence-corrected chi connectivity index (χ2v) is 9.29. The van der Waals surface area contributed by atoms with Crippen molar-refractivity contribution in [1.82, 2.24) is 9.88 Å². The third-order valence-electron chi connectivity index (χ3n) is 6.10. The van der Waals surface area contributed by atoms with Crippen LogP contribution in [0.2, 0.25) is 0 Å². The van der Waals surface area contributed by atoms with E-state index in [1.165, 1.54) is 4.90 Å². The normalized spacial score (nSPS) is 17.3. The summed E-state index contributed by atoms with van der Waals surface area (Å²) < 4.78 is 5.85. The molecule has 1 amide bonds. The highest BCUT2D eigenvalue weighted by atomic mass is 16.5. The lowest BCUT2D eigenvalue weighted by molar-refractivity contribution is -0.140. The average molecular weight is 471 g/mol. The van der Waals surface area contributed by atoms with Crippen LogP contribution in [0.15, 0.2) is 72.4 Å². The lowest BCUT2D eigenvalue weighted by Gasteiger charge is -2.26. The smallest absolute Gasteiger partial charge is 0.296 e. The van der Waals surface area contributed by atoms with Crippen LogP contribution in [0.4, 0.5) is 0 Å². The minimum Gasteiger partial charge on any atom is -0.507 e. The molecule has 2 aromatic carbocycles. The summed E-state index contributed by atoms with van der Waals surface area (Å²) in [5, 5.41) is 11.4. The molecule has 0 bridgehead atoms. The summed E-state index contributed by atoms with van der Waals surface area (Å²) in [7, 11) is 0. The monoisotopic (exact) mass is 470 g/mol. The first-order valence-corrected chi connectivity index (χ1v) is 11.8. The van der Waals surface area contributed by atoms with Crippen molar-refractivity contribution >= 4 is 17.4 Å². The minimum absolute atomic E-state index is 0.0791. The molecule has 1 aliphatic rings. The SMILES string of the molecule is Cc1cc(/C(O)=C2\C(=O)C(=O)N(Cc3ccccn3)C2c2ccccc2C)ccc1OCC(C)C. The molecule has 1 fully saturated rings. The highest BCUT2D eigenvalue weighted by Crippen LogP contribution is 2.41. The maximum atomic E-state index is 13.3. The highest BCUT2D eigenvalue weighted by Gasteiger charge is 2.46. The second-order valence-electron chi connectivity index (χ2n) is 9.29. The maximum Gasteiger partial charge on any atom is 0.296 e. The number of carbonyl (C=O) groups excluding carboxylic acids is 2. The van der Waals surface area contributed by atoms with Gasteiger partial charge in [0.05, 0.1) is 30.5 Å². The molecule has 6 heteroatoms. The van der Waals surface area contributed by atoms with Gasteiger partial charge in [-0.15, -0.1) is 0 Å². The Morgan fingerprint density at radius 2 is 1.77 bits per heavy atom. The van der Waals surface area contributed by atoms with Crippen LogP contribution < -0.4 is 4.74 Å². The molecule has 2 heterocycles. The number of rotatable bonds is 7. The Bertz CT molecular complexity index is 1280. The molecule has 180 valence electrons. The van der Waals surface area contributed by atoms with Crippen LogP contribution in [-0.4, -0.2) is 33.3 Å². The van der Waals surface area contributed by atoms with Crippen molar-refractivity contribution in [1.29, 1.82) is 0 Å². The Hall–Kier alpha value is -3.93. The van der Waals surface area contributed by atoms with Crippen LogP contribution >= 0.6 is 0 Å². The number of hydrogen-bond acceptors (Lipinski definition) is 5. The number of aryl methyl sites for hydroxylation is 2. The van der Waals surface area contributed by atoms with Gasteiger partial charge in [-0.05, 0) is 66.8 Å². The average Bonchev–Trinajstić information content (AvgIpc) is 3.08. The van der Waals surface area contributed by atoms with Gasteiger partial charge in [0, 0.05) is 11.8 Å². The number of pyridine rings is 1. The summed E-state index contributed by atoms with van der Waals surface area (Å²) >= 11 is 0. The number of amides is 1. The summed E-state index contributed by atoms with van der Waals surface area (Å²) in [6, 6.07) is 17.6. The Morgan fingerprint density at radius 1 is 1.03 bits per heavy atom. The Morgan fingerprint density at radius 3 is 2.43 bits per heavy atom. The van der Waals surface area contributed by atoms with E-state index in [1.54, 1.807) is 30.5 Å². The van der Waals surface area contributed by atoms with Gasteiger partial charge >= 0.3 is 0 Å². The number of nitrogens with zero attached hydrogens (tertiary/aromatic N) is 2. The third-order valence-corrected chi connectivity index (χ3v) is 6.10. The maximum absolute atomic E-state index is 13.3. The first-order valence-electron chi connectivity index (χ1n) is 11.8. The molecule has 1 aliphatic heterocycles. The minimum atomic E-state index is -0.727. The van der Waals surface area contributed by atoms with Crippen molar-refractivity contribution in [2.45, 2.75) is 40.3 Å². The molecule has 0 aliphatic carbocycles. The second kappa shape index (κ2) is 10.1. The van der Waals surface area contributed by atoms with E-state index in [9.17, 15) is 14.7 Å². The number of aliphatic hydroxyl groups is 1. The topological polar surface area (TPSA) is 79.7 Å². The van der Waals surface area contributed by atoms with E-state index >= 15 is 0 Å². The van der Waals surface area contributed by atoms with Gasteiger partial charge < -0.3 is 14.7 Å². The largest absolute Gasteiger partial charge is 0.507 e. The number of ketones is 1. The van der Waals surface area contributed by atoms with Crippen LogP contribution in [0.25, 0.3) is 5.76 Å². The molecular formula is C29H30N2O4. The molecule has 35 heavy (non-hydrogen) atoms. The Balaban J connectivity index is 1.81. The number of aliphatic hydroxyl groups excluding tert-OH is 1. The fourth-order valence-corrected chi connectivity index (χ4v) is 4.30. The summed E-state index contributed by atoms with van der Waals surface area (Å²) in [6.07, 6.45) is 1.65. The van der Waals surface area contributed by atoms with Gasteiger partial charge in [0.2, 0.25) is 0 Å². The third kappa shape index (κ3) is 4.97. The fraction of sp³-hybridized carbons (Fsp3) is 0.276. The molecule has 1 N–H and O–H groups in total. The van der Waals surface area contributed by atoms with E-state index in [4.69, 9.17) is 4.74 Å². The van der Waals surface area contributed by atoms with Gasteiger partial charge in [-0.1, -0.05) is 44.2 Å². The zero-order valence-corrected chi connectivity index (χ0v) is 20.5. The van der Waals surface area contributed by atoms with Crippen molar-refractivity contribution in [2.24, 2.45) is 5.92 Å². The zero-order chi connectivity index (χ0) is 25.1. The fourth-order valence-electron chi connectivity index (χ4n) is 4.30. The van der Waals surface area contributed by atoms with E-state index in [0.29, 0.717) is 23.8 Å². The van der Waals surface area contributed by atoms with Crippen LogP contribution in [0.1, 0.15) is 47.8 Å². The molecular weight excluding hydrogens is 440 g/mol. The number of hydrogen-bond donors (Lipinski definition) is 1. The summed E-state index contributed by atoms with van der Waals surface area (Å²) in [5.41, 5.74) is 3.76.